The van der Waals surface area contributed by atoms with Gasteiger partial charge in [0.05, 0.1) is 17.5 Å². The van der Waals surface area contributed by atoms with E-state index in [-0.39, 0.29) is 17.9 Å². The molecule has 8 heteroatoms. The number of halogens is 2. The minimum Gasteiger partial charge on any atom is -0.371 e. The second kappa shape index (κ2) is 8.01. The van der Waals surface area contributed by atoms with Gasteiger partial charge in [0.1, 0.15) is 0 Å². The molecule has 158 valence electrons. The van der Waals surface area contributed by atoms with Crippen LogP contribution in [-0.4, -0.2) is 40.3 Å². The second-order valence-electron chi connectivity index (χ2n) is 8.13. The summed E-state index contributed by atoms with van der Waals surface area (Å²) in [4.78, 5) is 19.4. The number of carbonyl (C=O) groups is 1. The maximum absolute atomic E-state index is 13.5. The number of nitrogens with one attached hydrogen (secondary N) is 1. The Morgan fingerprint density at radius 2 is 2.07 bits per heavy atom. The molecule has 1 atom stereocenters. The van der Waals surface area contributed by atoms with Gasteiger partial charge in [0.25, 0.3) is 5.91 Å². The van der Waals surface area contributed by atoms with E-state index in [4.69, 9.17) is 0 Å². The Balaban J connectivity index is 1.40. The van der Waals surface area contributed by atoms with Crippen LogP contribution in [0.4, 0.5) is 14.5 Å². The molecule has 1 aliphatic heterocycles. The number of pyridine rings is 1. The van der Waals surface area contributed by atoms with Crippen molar-refractivity contribution in [1.82, 2.24) is 20.1 Å². The molecule has 1 saturated heterocycles. The highest BCUT2D eigenvalue weighted by Gasteiger charge is 2.24. The standard InChI is InChI=1S/C22H25F2N5O/c1-13(2)29-21-16(11-26-29)8-18(14(3)27-21)22(30)25-10-15-6-7-28(12-15)17-4-5-19(23)20(24)9-17/h4-5,8-9,11,13,15H,6-7,10,12H2,1-3H3,(H,25,30). The van der Waals surface area contributed by atoms with E-state index in [1.165, 1.54) is 6.07 Å². The molecule has 1 unspecified atom stereocenters. The Kier molecular flexibility index (Phi) is 5.40. The van der Waals surface area contributed by atoms with Gasteiger partial charge in [0, 0.05) is 42.8 Å². The van der Waals surface area contributed by atoms with Crippen LogP contribution in [0.15, 0.2) is 30.5 Å². The Bertz CT molecular complexity index is 1090. The van der Waals surface area contributed by atoms with Gasteiger partial charge in [-0.05, 0) is 51.3 Å². The smallest absolute Gasteiger partial charge is 0.253 e. The predicted molar refractivity (Wildman–Crippen MR) is 112 cm³/mol. The van der Waals surface area contributed by atoms with Crippen molar-refractivity contribution in [1.29, 1.82) is 0 Å². The molecule has 1 amide bonds. The normalized spacial score (nSPS) is 16.6. The van der Waals surface area contributed by atoms with Gasteiger partial charge in [-0.2, -0.15) is 5.10 Å². The lowest BCUT2D eigenvalue weighted by Crippen LogP contribution is -2.31. The summed E-state index contributed by atoms with van der Waals surface area (Å²) in [6.45, 7) is 7.84. The zero-order chi connectivity index (χ0) is 21.4. The number of nitrogens with zero attached hydrogens (tertiary/aromatic N) is 4. The summed E-state index contributed by atoms with van der Waals surface area (Å²) in [7, 11) is 0. The first-order valence-corrected chi connectivity index (χ1v) is 10.2. The Morgan fingerprint density at radius 3 is 2.80 bits per heavy atom. The van der Waals surface area contributed by atoms with Gasteiger partial charge in [-0.1, -0.05) is 0 Å². The van der Waals surface area contributed by atoms with Gasteiger partial charge in [-0.3, -0.25) is 4.79 Å². The minimum atomic E-state index is -0.846. The maximum Gasteiger partial charge on any atom is 0.253 e. The summed E-state index contributed by atoms with van der Waals surface area (Å²) in [5.41, 5.74) is 2.64. The number of amides is 1. The quantitative estimate of drug-likeness (QED) is 0.690. The van der Waals surface area contributed by atoms with Gasteiger partial charge in [-0.25, -0.2) is 18.4 Å². The lowest BCUT2D eigenvalue weighted by Gasteiger charge is -2.19. The lowest BCUT2D eigenvalue weighted by atomic mass is 10.1. The molecule has 1 fully saturated rings. The van der Waals surface area contributed by atoms with Gasteiger partial charge in [-0.15, -0.1) is 0 Å². The Labute approximate surface area is 173 Å². The molecule has 0 aliphatic carbocycles. The van der Waals surface area contributed by atoms with E-state index in [9.17, 15) is 13.6 Å². The topological polar surface area (TPSA) is 63.1 Å². The van der Waals surface area contributed by atoms with Crippen LogP contribution in [0.3, 0.4) is 0 Å². The van der Waals surface area contributed by atoms with Crippen molar-refractivity contribution in [2.24, 2.45) is 5.92 Å². The number of fused-ring (bicyclic) bond motifs is 1. The number of rotatable bonds is 5. The molecule has 6 nitrogen and oxygen atoms in total. The number of anilines is 1. The van der Waals surface area contributed by atoms with E-state index >= 15 is 0 Å². The highest BCUT2D eigenvalue weighted by molar-refractivity contribution is 5.98. The summed E-state index contributed by atoms with van der Waals surface area (Å²) in [5.74, 6) is -1.61. The molecule has 3 aromatic rings. The molecule has 0 radical (unpaired) electrons. The third-order valence-electron chi connectivity index (χ3n) is 5.60. The summed E-state index contributed by atoms with van der Waals surface area (Å²) < 4.78 is 28.5. The molecule has 0 saturated carbocycles. The monoisotopic (exact) mass is 413 g/mol. The van der Waals surface area contributed by atoms with Crippen LogP contribution in [0.5, 0.6) is 0 Å². The molecule has 3 heterocycles. The summed E-state index contributed by atoms with van der Waals surface area (Å²) in [6.07, 6.45) is 2.60. The lowest BCUT2D eigenvalue weighted by molar-refractivity contribution is 0.0947. The number of carbonyl (C=O) groups excluding carboxylic acids is 1. The van der Waals surface area contributed by atoms with E-state index in [0.717, 1.165) is 30.1 Å². The highest BCUT2D eigenvalue weighted by Crippen LogP contribution is 2.25. The summed E-state index contributed by atoms with van der Waals surface area (Å²) >= 11 is 0. The molecule has 0 spiro atoms. The Hall–Kier alpha value is -3.03. The van der Waals surface area contributed by atoms with Crippen LogP contribution in [0, 0.1) is 24.5 Å². The van der Waals surface area contributed by atoms with Crippen molar-refractivity contribution in [3.8, 4) is 0 Å². The first-order valence-electron chi connectivity index (χ1n) is 10.2. The molecule has 0 bridgehead atoms. The fourth-order valence-electron chi connectivity index (χ4n) is 3.92. The van der Waals surface area contributed by atoms with Crippen molar-refractivity contribution >= 4 is 22.6 Å². The number of hydrogen-bond acceptors (Lipinski definition) is 4. The molecular formula is C22H25F2N5O. The second-order valence-corrected chi connectivity index (χ2v) is 8.13. The van der Waals surface area contributed by atoms with Gasteiger partial charge in [0.15, 0.2) is 17.3 Å². The zero-order valence-electron chi connectivity index (χ0n) is 17.3. The maximum atomic E-state index is 13.5. The SMILES string of the molecule is Cc1nc2c(cnn2C(C)C)cc1C(=O)NCC1CCN(c2ccc(F)c(F)c2)C1. The van der Waals surface area contributed by atoms with Gasteiger partial charge in [0.2, 0.25) is 0 Å². The molecule has 1 aliphatic rings. The first-order chi connectivity index (χ1) is 14.3. The van der Waals surface area contributed by atoms with Gasteiger partial charge >= 0.3 is 0 Å². The van der Waals surface area contributed by atoms with E-state index in [2.05, 4.69) is 15.4 Å². The van der Waals surface area contributed by atoms with Crippen LogP contribution in [-0.2, 0) is 0 Å². The number of aryl methyl sites for hydroxylation is 1. The molecule has 30 heavy (non-hydrogen) atoms. The van der Waals surface area contributed by atoms with Crippen molar-refractivity contribution in [2.45, 2.75) is 33.2 Å². The van der Waals surface area contributed by atoms with Crippen LogP contribution in [0.1, 0.15) is 42.4 Å². The average Bonchev–Trinajstić information content (AvgIpc) is 3.34. The number of benzene rings is 1. The van der Waals surface area contributed by atoms with Crippen LogP contribution < -0.4 is 10.2 Å². The third-order valence-corrected chi connectivity index (χ3v) is 5.60. The summed E-state index contributed by atoms with van der Waals surface area (Å²) in [5, 5.41) is 8.20. The van der Waals surface area contributed by atoms with E-state index in [1.54, 1.807) is 12.3 Å². The van der Waals surface area contributed by atoms with Crippen LogP contribution >= 0.6 is 0 Å². The van der Waals surface area contributed by atoms with Crippen LogP contribution in [0.25, 0.3) is 11.0 Å². The van der Waals surface area contributed by atoms with Gasteiger partial charge < -0.3 is 10.2 Å². The minimum absolute atomic E-state index is 0.162. The largest absolute Gasteiger partial charge is 0.371 e. The van der Waals surface area contributed by atoms with E-state index in [0.29, 0.717) is 30.0 Å². The van der Waals surface area contributed by atoms with E-state index in [1.807, 2.05) is 36.4 Å². The molecular weight excluding hydrogens is 388 g/mol. The van der Waals surface area contributed by atoms with Crippen LogP contribution in [0.2, 0.25) is 0 Å². The predicted octanol–water partition coefficient (Wildman–Crippen LogP) is 3.86. The molecule has 1 aromatic carbocycles. The van der Waals surface area contributed by atoms with Crippen molar-refractivity contribution < 1.29 is 13.6 Å². The van der Waals surface area contributed by atoms with Crippen molar-refractivity contribution in [3.05, 3.63) is 53.4 Å². The van der Waals surface area contributed by atoms with Crippen molar-refractivity contribution in [2.75, 3.05) is 24.5 Å². The number of hydrogen-bond donors (Lipinski definition) is 1. The number of aromatic nitrogens is 3. The fourth-order valence-corrected chi connectivity index (χ4v) is 3.92. The first kappa shape index (κ1) is 20.3. The third kappa shape index (κ3) is 3.86. The Morgan fingerprint density at radius 1 is 1.27 bits per heavy atom. The molecule has 2 aromatic heterocycles. The van der Waals surface area contributed by atoms with E-state index < -0.39 is 11.6 Å². The zero-order valence-corrected chi connectivity index (χ0v) is 17.3. The highest BCUT2D eigenvalue weighted by atomic mass is 19.2. The fraction of sp³-hybridized carbons (Fsp3) is 0.409. The molecule has 1 N–H and O–H groups in total. The average molecular weight is 413 g/mol. The summed E-state index contributed by atoms with van der Waals surface area (Å²) in [6, 6.07) is 5.97. The van der Waals surface area contributed by atoms with Crippen molar-refractivity contribution in [3.63, 3.8) is 0 Å². The molecule has 4 rings (SSSR count).